The van der Waals surface area contributed by atoms with E-state index in [1.807, 2.05) is 0 Å². The first kappa shape index (κ1) is 14.2. The van der Waals surface area contributed by atoms with Crippen molar-refractivity contribution < 1.29 is 9.84 Å². The van der Waals surface area contributed by atoms with Gasteiger partial charge in [-0.1, -0.05) is 12.2 Å². The summed E-state index contributed by atoms with van der Waals surface area (Å²) in [5.41, 5.74) is 5.37. The van der Waals surface area contributed by atoms with Gasteiger partial charge in [0.05, 0.1) is 10.6 Å². The summed E-state index contributed by atoms with van der Waals surface area (Å²) < 4.78 is 5.30. The van der Waals surface area contributed by atoms with Crippen LogP contribution in [0.1, 0.15) is 32.1 Å². The fraction of sp³-hybridized carbons (Fsp3) is 0.923. The predicted molar refractivity (Wildman–Crippen MR) is 75.6 cm³/mol. The molecule has 18 heavy (non-hydrogen) atoms. The number of thiocarbonyl (C=S) groups is 1. The molecule has 1 aliphatic carbocycles. The van der Waals surface area contributed by atoms with Crippen molar-refractivity contribution in [2.75, 3.05) is 33.4 Å². The quantitative estimate of drug-likeness (QED) is 0.704. The van der Waals surface area contributed by atoms with Crippen molar-refractivity contribution in [1.82, 2.24) is 4.90 Å². The Balaban J connectivity index is 1.81. The second-order valence-corrected chi connectivity index (χ2v) is 6.68. The summed E-state index contributed by atoms with van der Waals surface area (Å²) in [6.45, 7) is 3.04. The molecule has 1 heterocycles. The molecule has 0 radical (unpaired) electrons. The van der Waals surface area contributed by atoms with Gasteiger partial charge in [-0.3, -0.25) is 0 Å². The van der Waals surface area contributed by atoms with Gasteiger partial charge in [0.1, 0.15) is 0 Å². The Bertz CT molecular complexity index is 312. The maximum Gasteiger partial charge on any atom is 0.0817 e. The molecule has 0 spiro atoms. The largest absolute Gasteiger partial charge is 0.393 e. The second kappa shape index (κ2) is 5.41. The molecule has 3 N–H and O–H groups in total. The standard InChI is InChI=1S/C13H24N2O2S/c1-15(9-12(2-3-12)8-11(14)18)10-13(16)4-6-17-7-5-13/h16H,2-10H2,1H3,(H2,14,18). The summed E-state index contributed by atoms with van der Waals surface area (Å²) >= 11 is 5.01. The van der Waals surface area contributed by atoms with E-state index >= 15 is 0 Å². The lowest BCUT2D eigenvalue weighted by atomic mass is 9.93. The third-order valence-corrected chi connectivity index (χ3v) is 4.24. The topological polar surface area (TPSA) is 58.7 Å². The molecule has 1 saturated heterocycles. The van der Waals surface area contributed by atoms with Gasteiger partial charge in [-0.15, -0.1) is 0 Å². The van der Waals surface area contributed by atoms with Gasteiger partial charge in [0.15, 0.2) is 0 Å². The van der Waals surface area contributed by atoms with Gasteiger partial charge in [-0.2, -0.15) is 0 Å². The van der Waals surface area contributed by atoms with Crippen molar-refractivity contribution in [2.24, 2.45) is 11.1 Å². The monoisotopic (exact) mass is 272 g/mol. The molecule has 0 bridgehead atoms. The summed E-state index contributed by atoms with van der Waals surface area (Å²) in [6, 6.07) is 0. The smallest absolute Gasteiger partial charge is 0.0817 e. The fourth-order valence-electron chi connectivity index (χ4n) is 2.98. The summed E-state index contributed by atoms with van der Waals surface area (Å²) in [6.07, 6.45) is 4.72. The van der Waals surface area contributed by atoms with E-state index in [-0.39, 0.29) is 0 Å². The highest BCUT2D eigenvalue weighted by Gasteiger charge is 2.44. The van der Waals surface area contributed by atoms with Crippen LogP contribution in [0, 0.1) is 5.41 Å². The molecule has 0 atom stereocenters. The van der Waals surface area contributed by atoms with E-state index in [1.165, 1.54) is 12.8 Å². The number of likely N-dealkylation sites (N-methyl/N-ethyl adjacent to an activating group) is 1. The minimum atomic E-state index is -0.577. The van der Waals surface area contributed by atoms with Gasteiger partial charge < -0.3 is 20.5 Å². The Morgan fingerprint density at radius 2 is 1.89 bits per heavy atom. The highest BCUT2D eigenvalue weighted by molar-refractivity contribution is 7.80. The van der Waals surface area contributed by atoms with Crippen LogP contribution in [0.2, 0.25) is 0 Å². The first-order valence-corrected chi connectivity index (χ1v) is 7.11. The zero-order chi connectivity index (χ0) is 13.2. The molecule has 1 saturated carbocycles. The van der Waals surface area contributed by atoms with Crippen LogP contribution in [-0.2, 0) is 4.74 Å². The third kappa shape index (κ3) is 3.88. The summed E-state index contributed by atoms with van der Waals surface area (Å²) in [5, 5.41) is 10.5. The number of aliphatic hydroxyl groups is 1. The molecule has 2 rings (SSSR count). The Morgan fingerprint density at radius 3 is 2.39 bits per heavy atom. The van der Waals surface area contributed by atoms with Crippen LogP contribution in [0.15, 0.2) is 0 Å². The van der Waals surface area contributed by atoms with Crippen molar-refractivity contribution in [3.8, 4) is 0 Å². The number of nitrogens with two attached hydrogens (primary N) is 1. The van der Waals surface area contributed by atoms with Crippen LogP contribution >= 0.6 is 12.2 Å². The zero-order valence-corrected chi connectivity index (χ0v) is 12.0. The normalized spacial score (nSPS) is 25.1. The molecule has 0 unspecified atom stereocenters. The summed E-state index contributed by atoms with van der Waals surface area (Å²) in [7, 11) is 2.08. The zero-order valence-electron chi connectivity index (χ0n) is 11.2. The Labute approximate surface area is 114 Å². The van der Waals surface area contributed by atoms with Gasteiger partial charge in [-0.25, -0.2) is 0 Å². The van der Waals surface area contributed by atoms with E-state index in [1.54, 1.807) is 0 Å². The van der Waals surface area contributed by atoms with E-state index in [0.717, 1.165) is 32.4 Å². The summed E-state index contributed by atoms with van der Waals surface area (Å²) in [4.78, 5) is 2.85. The van der Waals surface area contributed by atoms with E-state index < -0.39 is 5.60 Å². The van der Waals surface area contributed by atoms with E-state index in [2.05, 4.69) is 11.9 Å². The molecular formula is C13H24N2O2S. The van der Waals surface area contributed by atoms with Gasteiger partial charge in [-0.05, 0) is 25.3 Å². The Morgan fingerprint density at radius 1 is 1.28 bits per heavy atom. The molecule has 104 valence electrons. The van der Waals surface area contributed by atoms with Crippen LogP contribution in [0.4, 0.5) is 0 Å². The first-order valence-electron chi connectivity index (χ1n) is 6.70. The van der Waals surface area contributed by atoms with E-state index in [9.17, 15) is 5.11 Å². The average Bonchev–Trinajstić information content (AvgIpc) is 2.96. The van der Waals surface area contributed by atoms with Gasteiger partial charge in [0.25, 0.3) is 0 Å². The van der Waals surface area contributed by atoms with E-state index in [0.29, 0.717) is 23.6 Å². The van der Waals surface area contributed by atoms with Crippen LogP contribution in [-0.4, -0.2) is 53.9 Å². The van der Waals surface area contributed by atoms with Crippen molar-refractivity contribution in [3.05, 3.63) is 0 Å². The molecule has 0 aromatic rings. The van der Waals surface area contributed by atoms with Gasteiger partial charge >= 0.3 is 0 Å². The number of nitrogens with zero attached hydrogens (tertiary/aromatic N) is 1. The highest BCUT2D eigenvalue weighted by atomic mass is 32.1. The number of ether oxygens (including phenoxy) is 1. The second-order valence-electron chi connectivity index (χ2n) is 6.15. The van der Waals surface area contributed by atoms with Crippen LogP contribution in [0.3, 0.4) is 0 Å². The lowest BCUT2D eigenvalue weighted by molar-refractivity contribution is -0.0783. The molecule has 0 amide bonds. The summed E-state index contributed by atoms with van der Waals surface area (Å²) in [5.74, 6) is 0. The average molecular weight is 272 g/mol. The van der Waals surface area contributed by atoms with Crippen molar-refractivity contribution in [1.29, 1.82) is 0 Å². The molecule has 1 aliphatic heterocycles. The van der Waals surface area contributed by atoms with Crippen LogP contribution < -0.4 is 5.73 Å². The molecule has 5 heteroatoms. The Kier molecular flexibility index (Phi) is 4.26. The van der Waals surface area contributed by atoms with Crippen molar-refractivity contribution in [2.45, 2.75) is 37.7 Å². The predicted octanol–water partition coefficient (Wildman–Crippen LogP) is 0.916. The highest BCUT2D eigenvalue weighted by Crippen LogP contribution is 2.49. The van der Waals surface area contributed by atoms with Crippen LogP contribution in [0.25, 0.3) is 0 Å². The molecule has 2 fully saturated rings. The van der Waals surface area contributed by atoms with Crippen molar-refractivity contribution >= 4 is 17.2 Å². The Hall–Kier alpha value is -0.230. The minimum absolute atomic E-state index is 0.294. The molecule has 0 aromatic carbocycles. The SMILES string of the molecule is CN(CC1(O)CCOCC1)CC1(CC(N)=S)CC1. The number of hydrogen-bond acceptors (Lipinski definition) is 4. The lowest BCUT2D eigenvalue weighted by Gasteiger charge is -2.36. The van der Waals surface area contributed by atoms with E-state index in [4.69, 9.17) is 22.7 Å². The maximum absolute atomic E-state index is 10.5. The molecule has 4 nitrogen and oxygen atoms in total. The molecule has 2 aliphatic rings. The van der Waals surface area contributed by atoms with Crippen molar-refractivity contribution in [3.63, 3.8) is 0 Å². The van der Waals surface area contributed by atoms with Gasteiger partial charge in [0, 0.05) is 45.6 Å². The van der Waals surface area contributed by atoms with Crippen LogP contribution in [0.5, 0.6) is 0 Å². The molecule has 0 aromatic heterocycles. The van der Waals surface area contributed by atoms with Gasteiger partial charge in [0.2, 0.25) is 0 Å². The third-order valence-electron chi connectivity index (χ3n) is 4.10. The maximum atomic E-state index is 10.5. The number of hydrogen-bond donors (Lipinski definition) is 2. The lowest BCUT2D eigenvalue weighted by Crippen LogP contribution is -2.47. The molecular weight excluding hydrogens is 248 g/mol. The number of rotatable bonds is 6. The first-order chi connectivity index (χ1) is 8.43. The minimum Gasteiger partial charge on any atom is -0.393 e. The fourth-order valence-corrected chi connectivity index (χ4v) is 3.28.